The first-order valence-electron chi connectivity index (χ1n) is 5.25. The molecule has 0 fully saturated rings. The number of aromatic nitrogens is 1. The third-order valence-electron chi connectivity index (χ3n) is 2.41. The topological polar surface area (TPSA) is 105 Å². The van der Waals surface area contributed by atoms with E-state index < -0.39 is 15.9 Å². The molecule has 1 amide bonds. The van der Waals surface area contributed by atoms with Crippen LogP contribution in [-0.4, -0.2) is 19.3 Å². The molecule has 2 rings (SSSR count). The Kier molecular flexibility index (Phi) is 4.19. The van der Waals surface area contributed by atoms with Crippen molar-refractivity contribution in [1.82, 2.24) is 4.98 Å². The summed E-state index contributed by atoms with van der Waals surface area (Å²) in [6.07, 6.45) is 1.48. The zero-order valence-corrected chi connectivity index (χ0v) is 13.0. The molecule has 20 heavy (non-hydrogen) atoms. The van der Waals surface area contributed by atoms with Gasteiger partial charge in [0.15, 0.2) is 0 Å². The zero-order chi connectivity index (χ0) is 14.9. The average Bonchev–Trinajstić information content (AvgIpc) is 2.77. The highest BCUT2D eigenvalue weighted by molar-refractivity contribution is 9.10. The fourth-order valence-electron chi connectivity index (χ4n) is 1.46. The summed E-state index contributed by atoms with van der Waals surface area (Å²) < 4.78 is 22.8. The summed E-state index contributed by atoms with van der Waals surface area (Å²) in [5.41, 5.74) is 0.700. The number of carbonyl (C=O) groups is 1. The van der Waals surface area contributed by atoms with Crippen LogP contribution in [0.2, 0.25) is 5.02 Å². The van der Waals surface area contributed by atoms with Gasteiger partial charge in [0.1, 0.15) is 5.69 Å². The number of hydrogen-bond acceptors (Lipinski definition) is 3. The Balaban J connectivity index is 2.25. The van der Waals surface area contributed by atoms with E-state index in [1.54, 1.807) is 0 Å². The van der Waals surface area contributed by atoms with Crippen molar-refractivity contribution in [3.8, 4) is 0 Å². The molecule has 1 aromatic carbocycles. The lowest BCUT2D eigenvalue weighted by Gasteiger charge is -2.07. The highest BCUT2D eigenvalue weighted by Gasteiger charge is 2.13. The third-order valence-corrected chi connectivity index (χ3v) is 4.19. The Bertz CT molecular complexity index is 773. The summed E-state index contributed by atoms with van der Waals surface area (Å²) in [4.78, 5) is 14.6. The Morgan fingerprint density at radius 3 is 2.55 bits per heavy atom. The molecule has 0 spiro atoms. The van der Waals surface area contributed by atoms with Gasteiger partial charge in [-0.2, -0.15) is 0 Å². The van der Waals surface area contributed by atoms with Gasteiger partial charge in [0.05, 0.1) is 15.6 Å². The van der Waals surface area contributed by atoms with Crippen molar-refractivity contribution < 1.29 is 13.2 Å². The minimum atomic E-state index is -3.79. The van der Waals surface area contributed by atoms with E-state index in [-0.39, 0.29) is 10.6 Å². The molecule has 0 bridgehead atoms. The fourth-order valence-corrected chi connectivity index (χ4v) is 2.80. The van der Waals surface area contributed by atoms with Crippen LogP contribution < -0.4 is 10.5 Å². The number of benzene rings is 1. The quantitative estimate of drug-likeness (QED) is 0.763. The number of amides is 1. The second kappa shape index (κ2) is 5.57. The largest absolute Gasteiger partial charge is 0.356 e. The number of hydrogen-bond donors (Lipinski definition) is 3. The van der Waals surface area contributed by atoms with E-state index in [4.69, 9.17) is 16.7 Å². The van der Waals surface area contributed by atoms with Crippen LogP contribution in [0.25, 0.3) is 0 Å². The number of H-pyrrole nitrogens is 1. The lowest BCUT2D eigenvalue weighted by molar-refractivity contribution is 0.102. The summed E-state index contributed by atoms with van der Waals surface area (Å²) in [6.45, 7) is 0. The molecule has 1 heterocycles. The van der Waals surface area contributed by atoms with Crippen LogP contribution in [-0.2, 0) is 10.0 Å². The molecular weight excluding hydrogens is 370 g/mol. The fraction of sp³-hybridized carbons (Fsp3) is 0. The van der Waals surface area contributed by atoms with Crippen molar-refractivity contribution in [3.63, 3.8) is 0 Å². The standard InChI is InChI=1S/C11H9BrClN3O3S/c12-8-4-7(20(14,18)19)1-2-9(8)16-11(17)10-3-6(13)5-15-10/h1-5,15H,(H,16,17)(H2,14,18,19). The molecule has 2 aromatic rings. The van der Waals surface area contributed by atoms with Gasteiger partial charge in [-0.25, -0.2) is 13.6 Å². The second-order valence-corrected chi connectivity index (χ2v) is 6.72. The normalized spacial score (nSPS) is 11.3. The van der Waals surface area contributed by atoms with E-state index in [9.17, 15) is 13.2 Å². The van der Waals surface area contributed by atoms with Gasteiger partial charge in [0, 0.05) is 10.7 Å². The first kappa shape index (κ1) is 15.0. The van der Waals surface area contributed by atoms with Crippen LogP contribution in [0, 0.1) is 0 Å². The minimum Gasteiger partial charge on any atom is -0.356 e. The average molecular weight is 379 g/mol. The van der Waals surface area contributed by atoms with Gasteiger partial charge in [0.2, 0.25) is 10.0 Å². The molecule has 0 saturated heterocycles. The Morgan fingerprint density at radius 2 is 2.05 bits per heavy atom. The number of halogens is 2. The number of sulfonamides is 1. The maximum atomic E-state index is 11.9. The maximum absolute atomic E-state index is 11.9. The monoisotopic (exact) mass is 377 g/mol. The predicted molar refractivity (Wildman–Crippen MR) is 79.3 cm³/mol. The number of carbonyl (C=O) groups excluding carboxylic acids is 1. The number of anilines is 1. The van der Waals surface area contributed by atoms with E-state index in [1.807, 2.05) is 0 Å². The molecule has 0 radical (unpaired) electrons. The molecule has 4 N–H and O–H groups in total. The minimum absolute atomic E-state index is 0.0507. The first-order chi connectivity index (χ1) is 9.27. The summed E-state index contributed by atoms with van der Waals surface area (Å²) in [5.74, 6) is -0.402. The van der Waals surface area contributed by atoms with Crippen LogP contribution in [0.5, 0.6) is 0 Å². The van der Waals surface area contributed by atoms with Crippen molar-refractivity contribution in [3.05, 3.63) is 45.7 Å². The first-order valence-corrected chi connectivity index (χ1v) is 7.97. The molecule has 1 aromatic heterocycles. The summed E-state index contributed by atoms with van der Waals surface area (Å²) in [6, 6.07) is 5.53. The molecule has 6 nitrogen and oxygen atoms in total. The summed E-state index contributed by atoms with van der Waals surface area (Å²) in [5, 5.41) is 8.04. The van der Waals surface area contributed by atoms with Crippen LogP contribution in [0.4, 0.5) is 5.69 Å². The summed E-state index contributed by atoms with van der Waals surface area (Å²) >= 11 is 8.88. The molecule has 106 valence electrons. The van der Waals surface area contributed by atoms with E-state index >= 15 is 0 Å². The Labute approximate surface area is 128 Å². The van der Waals surface area contributed by atoms with Crippen molar-refractivity contribution >= 4 is 49.1 Å². The highest BCUT2D eigenvalue weighted by atomic mass is 79.9. The van der Waals surface area contributed by atoms with Crippen LogP contribution in [0.3, 0.4) is 0 Å². The van der Waals surface area contributed by atoms with E-state index in [0.717, 1.165) is 0 Å². The van der Waals surface area contributed by atoms with E-state index in [2.05, 4.69) is 26.2 Å². The van der Waals surface area contributed by atoms with E-state index in [1.165, 1.54) is 30.5 Å². The molecule has 0 aliphatic rings. The second-order valence-electron chi connectivity index (χ2n) is 3.87. The molecule has 0 atom stereocenters. The van der Waals surface area contributed by atoms with Crippen molar-refractivity contribution in [2.75, 3.05) is 5.32 Å². The number of aromatic amines is 1. The third kappa shape index (κ3) is 3.40. The predicted octanol–water partition coefficient (Wildman–Crippen LogP) is 2.33. The number of primary sulfonamides is 1. The van der Waals surface area contributed by atoms with E-state index in [0.29, 0.717) is 15.2 Å². The lowest BCUT2D eigenvalue weighted by atomic mass is 10.3. The summed E-state index contributed by atoms with van der Waals surface area (Å²) in [7, 11) is -3.79. The SMILES string of the molecule is NS(=O)(=O)c1ccc(NC(=O)c2cc(Cl)c[nH]2)c(Br)c1. The van der Waals surface area contributed by atoms with Crippen LogP contribution >= 0.6 is 27.5 Å². The zero-order valence-electron chi connectivity index (χ0n) is 9.85. The van der Waals surface area contributed by atoms with Gasteiger partial charge in [-0.1, -0.05) is 11.6 Å². The van der Waals surface area contributed by atoms with Gasteiger partial charge in [-0.05, 0) is 40.2 Å². The Morgan fingerprint density at radius 1 is 1.35 bits per heavy atom. The van der Waals surface area contributed by atoms with Crippen molar-refractivity contribution in [2.45, 2.75) is 4.90 Å². The van der Waals surface area contributed by atoms with Gasteiger partial charge in [0.25, 0.3) is 5.91 Å². The molecule has 0 saturated carbocycles. The molecule has 0 aliphatic carbocycles. The Hall–Kier alpha value is -1.35. The molecule has 0 aliphatic heterocycles. The number of rotatable bonds is 3. The highest BCUT2D eigenvalue weighted by Crippen LogP contribution is 2.25. The van der Waals surface area contributed by atoms with Crippen LogP contribution in [0.1, 0.15) is 10.5 Å². The number of nitrogens with two attached hydrogens (primary N) is 1. The van der Waals surface area contributed by atoms with Crippen LogP contribution in [0.15, 0.2) is 39.8 Å². The smallest absolute Gasteiger partial charge is 0.272 e. The van der Waals surface area contributed by atoms with Crippen molar-refractivity contribution in [2.24, 2.45) is 5.14 Å². The molecular formula is C11H9BrClN3O3S. The molecule has 9 heteroatoms. The lowest BCUT2D eigenvalue weighted by Crippen LogP contribution is -2.14. The molecule has 0 unspecified atom stereocenters. The van der Waals surface area contributed by atoms with Gasteiger partial charge >= 0.3 is 0 Å². The van der Waals surface area contributed by atoms with Gasteiger partial charge < -0.3 is 10.3 Å². The van der Waals surface area contributed by atoms with Gasteiger partial charge in [-0.3, -0.25) is 4.79 Å². The maximum Gasteiger partial charge on any atom is 0.272 e. The number of nitrogens with one attached hydrogen (secondary N) is 2. The van der Waals surface area contributed by atoms with Gasteiger partial charge in [-0.15, -0.1) is 0 Å². The van der Waals surface area contributed by atoms with Crippen molar-refractivity contribution in [1.29, 1.82) is 0 Å².